The van der Waals surface area contributed by atoms with Crippen LogP contribution >= 0.6 is 0 Å². The van der Waals surface area contributed by atoms with Gasteiger partial charge in [-0.15, -0.1) is 0 Å². The molecule has 4 heteroatoms. The Bertz CT molecular complexity index is 261. The van der Waals surface area contributed by atoms with Crippen LogP contribution in [0.1, 0.15) is 38.5 Å². The van der Waals surface area contributed by atoms with E-state index < -0.39 is 0 Å². The van der Waals surface area contributed by atoms with Gasteiger partial charge in [0.2, 0.25) is 5.91 Å². The number of likely N-dealkylation sites (tertiary alicyclic amines) is 1. The van der Waals surface area contributed by atoms with Crippen molar-refractivity contribution in [1.29, 1.82) is 0 Å². The number of hydrogen-bond acceptors (Lipinski definition) is 3. The molecule has 0 spiro atoms. The minimum absolute atomic E-state index is 0.0887. The highest BCUT2D eigenvalue weighted by Gasteiger charge is 2.30. The highest BCUT2D eigenvalue weighted by Crippen LogP contribution is 2.27. The highest BCUT2D eigenvalue weighted by molar-refractivity contribution is 5.76. The second kappa shape index (κ2) is 5.83. The number of rotatable bonds is 3. The van der Waals surface area contributed by atoms with Gasteiger partial charge in [-0.05, 0) is 52.1 Å². The Hall–Kier alpha value is -0.610. The number of carbonyl (C=O) groups excluding carboxylic acids is 1. The molecule has 1 saturated heterocycles. The van der Waals surface area contributed by atoms with E-state index in [1.54, 1.807) is 0 Å². The van der Waals surface area contributed by atoms with Crippen LogP contribution in [0.4, 0.5) is 0 Å². The van der Waals surface area contributed by atoms with Gasteiger partial charge in [0, 0.05) is 18.6 Å². The summed E-state index contributed by atoms with van der Waals surface area (Å²) in [6, 6.07) is 1.38. The maximum atomic E-state index is 11.3. The first-order valence-corrected chi connectivity index (χ1v) is 6.91. The molecule has 4 nitrogen and oxygen atoms in total. The van der Waals surface area contributed by atoms with Gasteiger partial charge in [-0.25, -0.2) is 0 Å². The predicted octanol–water partition coefficient (Wildman–Crippen LogP) is 0.714. The van der Waals surface area contributed by atoms with E-state index in [-0.39, 0.29) is 11.8 Å². The van der Waals surface area contributed by atoms with Crippen molar-refractivity contribution < 1.29 is 4.79 Å². The standard InChI is InChI=1S/C13H25N3O/c1-15-11-4-6-12(7-5-11)16-8-2-3-10(9-16)13(14)17/h10-12,15H,2-9H2,1H3,(H2,14,17). The molecule has 1 aliphatic carbocycles. The van der Waals surface area contributed by atoms with Crippen molar-refractivity contribution in [2.45, 2.75) is 50.6 Å². The Kier molecular flexibility index (Phi) is 4.40. The summed E-state index contributed by atoms with van der Waals surface area (Å²) in [4.78, 5) is 13.8. The third-order valence-electron chi connectivity index (χ3n) is 4.48. The molecule has 3 N–H and O–H groups in total. The van der Waals surface area contributed by atoms with Gasteiger partial charge in [0.05, 0.1) is 5.92 Å². The number of nitrogens with zero attached hydrogens (tertiary/aromatic N) is 1. The zero-order valence-corrected chi connectivity index (χ0v) is 10.8. The molecule has 98 valence electrons. The lowest BCUT2D eigenvalue weighted by Crippen LogP contribution is -2.48. The SMILES string of the molecule is CNC1CCC(N2CCCC(C(N)=O)C2)CC1. The fourth-order valence-corrected chi connectivity index (χ4v) is 3.30. The lowest BCUT2D eigenvalue weighted by atomic mass is 9.87. The van der Waals surface area contributed by atoms with Crippen LogP contribution in [0.3, 0.4) is 0 Å². The molecule has 17 heavy (non-hydrogen) atoms. The van der Waals surface area contributed by atoms with Crippen molar-refractivity contribution in [3.63, 3.8) is 0 Å². The Labute approximate surface area is 104 Å². The molecular weight excluding hydrogens is 214 g/mol. The summed E-state index contributed by atoms with van der Waals surface area (Å²) in [6.07, 6.45) is 7.16. The number of piperidine rings is 1. The summed E-state index contributed by atoms with van der Waals surface area (Å²) >= 11 is 0. The number of nitrogens with one attached hydrogen (secondary N) is 1. The molecule has 1 heterocycles. The largest absolute Gasteiger partial charge is 0.369 e. The number of carbonyl (C=O) groups is 1. The molecule has 0 bridgehead atoms. The van der Waals surface area contributed by atoms with Gasteiger partial charge in [-0.1, -0.05) is 0 Å². The summed E-state index contributed by atoms with van der Waals surface area (Å²) in [5.74, 6) is -0.0237. The van der Waals surface area contributed by atoms with Gasteiger partial charge in [0.15, 0.2) is 0 Å². The van der Waals surface area contributed by atoms with Crippen molar-refractivity contribution in [2.24, 2.45) is 11.7 Å². The fourth-order valence-electron chi connectivity index (χ4n) is 3.30. The molecule has 1 amide bonds. The van der Waals surface area contributed by atoms with E-state index >= 15 is 0 Å². The van der Waals surface area contributed by atoms with Crippen LogP contribution in [0.5, 0.6) is 0 Å². The first-order chi connectivity index (χ1) is 8.20. The van der Waals surface area contributed by atoms with E-state index in [2.05, 4.69) is 17.3 Å². The summed E-state index contributed by atoms with van der Waals surface area (Å²) in [5, 5.41) is 3.36. The summed E-state index contributed by atoms with van der Waals surface area (Å²) in [5.41, 5.74) is 5.43. The average Bonchev–Trinajstić information content (AvgIpc) is 2.39. The second-order valence-electron chi connectivity index (χ2n) is 5.53. The molecule has 1 saturated carbocycles. The van der Waals surface area contributed by atoms with Gasteiger partial charge >= 0.3 is 0 Å². The predicted molar refractivity (Wildman–Crippen MR) is 68.6 cm³/mol. The average molecular weight is 239 g/mol. The molecular formula is C13H25N3O. The minimum atomic E-state index is -0.112. The van der Waals surface area contributed by atoms with Crippen LogP contribution in [-0.4, -0.2) is 43.0 Å². The summed E-state index contributed by atoms with van der Waals surface area (Å²) < 4.78 is 0. The maximum Gasteiger partial charge on any atom is 0.221 e. The first-order valence-electron chi connectivity index (χ1n) is 6.91. The van der Waals surface area contributed by atoms with Crippen LogP contribution in [0.25, 0.3) is 0 Å². The molecule has 2 aliphatic rings. The number of primary amides is 1. The number of nitrogens with two attached hydrogens (primary N) is 1. The van der Waals surface area contributed by atoms with Gasteiger partial charge in [0.1, 0.15) is 0 Å². The molecule has 1 atom stereocenters. The van der Waals surface area contributed by atoms with Gasteiger partial charge < -0.3 is 11.1 Å². The van der Waals surface area contributed by atoms with Crippen LogP contribution in [0, 0.1) is 5.92 Å². The Morgan fingerprint density at radius 1 is 1.24 bits per heavy atom. The van der Waals surface area contributed by atoms with Gasteiger partial charge in [0.25, 0.3) is 0 Å². The molecule has 2 fully saturated rings. The minimum Gasteiger partial charge on any atom is -0.369 e. The molecule has 0 aromatic carbocycles. The highest BCUT2D eigenvalue weighted by atomic mass is 16.1. The quantitative estimate of drug-likeness (QED) is 0.763. The third-order valence-corrected chi connectivity index (χ3v) is 4.48. The normalized spacial score (nSPS) is 35.7. The maximum absolute atomic E-state index is 11.3. The van der Waals surface area contributed by atoms with E-state index in [9.17, 15) is 4.79 Å². The van der Waals surface area contributed by atoms with Crippen molar-refractivity contribution in [3.8, 4) is 0 Å². The van der Waals surface area contributed by atoms with Crippen LogP contribution in [0.15, 0.2) is 0 Å². The lowest BCUT2D eigenvalue weighted by Gasteiger charge is -2.40. The van der Waals surface area contributed by atoms with Gasteiger partial charge in [-0.3, -0.25) is 9.69 Å². The van der Waals surface area contributed by atoms with Crippen molar-refractivity contribution in [3.05, 3.63) is 0 Å². The molecule has 0 radical (unpaired) electrons. The topological polar surface area (TPSA) is 58.4 Å². The molecule has 2 rings (SSSR count). The number of amides is 1. The Balaban J connectivity index is 1.84. The fraction of sp³-hybridized carbons (Fsp3) is 0.923. The Morgan fingerprint density at radius 2 is 1.94 bits per heavy atom. The summed E-state index contributed by atoms with van der Waals surface area (Å²) in [6.45, 7) is 2.04. The smallest absolute Gasteiger partial charge is 0.221 e. The van der Waals surface area contributed by atoms with Crippen LogP contribution in [-0.2, 0) is 4.79 Å². The summed E-state index contributed by atoms with van der Waals surface area (Å²) in [7, 11) is 2.05. The molecule has 0 aromatic rings. The third kappa shape index (κ3) is 3.19. The second-order valence-corrected chi connectivity index (χ2v) is 5.53. The van der Waals surface area contributed by atoms with Gasteiger partial charge in [-0.2, -0.15) is 0 Å². The van der Waals surface area contributed by atoms with E-state index in [0.717, 1.165) is 25.9 Å². The molecule has 1 unspecified atom stereocenters. The van der Waals surface area contributed by atoms with Crippen molar-refractivity contribution in [2.75, 3.05) is 20.1 Å². The number of hydrogen-bond donors (Lipinski definition) is 2. The zero-order chi connectivity index (χ0) is 12.3. The van der Waals surface area contributed by atoms with Crippen LogP contribution < -0.4 is 11.1 Å². The monoisotopic (exact) mass is 239 g/mol. The zero-order valence-electron chi connectivity index (χ0n) is 10.8. The molecule has 0 aromatic heterocycles. The lowest BCUT2D eigenvalue weighted by molar-refractivity contribution is -0.123. The van der Waals surface area contributed by atoms with E-state index in [0.29, 0.717) is 12.1 Å². The first kappa shape index (κ1) is 12.8. The van der Waals surface area contributed by atoms with Crippen LogP contribution in [0.2, 0.25) is 0 Å². The van der Waals surface area contributed by atoms with Crippen molar-refractivity contribution >= 4 is 5.91 Å². The van der Waals surface area contributed by atoms with E-state index in [4.69, 9.17) is 5.73 Å². The van der Waals surface area contributed by atoms with Crippen molar-refractivity contribution in [1.82, 2.24) is 10.2 Å². The van der Waals surface area contributed by atoms with E-state index in [1.165, 1.54) is 25.7 Å². The molecule has 1 aliphatic heterocycles. The van der Waals surface area contributed by atoms with E-state index in [1.807, 2.05) is 0 Å². The Morgan fingerprint density at radius 3 is 2.53 bits per heavy atom.